The third-order valence-electron chi connectivity index (χ3n) is 2.57. The van der Waals surface area contributed by atoms with Crippen LogP contribution in [-0.2, 0) is 17.8 Å². The van der Waals surface area contributed by atoms with Crippen LogP contribution >= 0.6 is 0 Å². The Morgan fingerprint density at radius 2 is 2.17 bits per heavy atom. The topological polar surface area (TPSA) is 26.2 Å². The Labute approximate surface area is 105 Å². The van der Waals surface area contributed by atoms with E-state index < -0.39 is 12.6 Å². The van der Waals surface area contributed by atoms with E-state index in [1.807, 2.05) is 22.9 Å². The maximum Gasteiger partial charge on any atom is 0.389 e. The predicted octanol–water partition coefficient (Wildman–Crippen LogP) is 2.57. The van der Waals surface area contributed by atoms with Gasteiger partial charge in [-0.3, -0.25) is 0 Å². The summed E-state index contributed by atoms with van der Waals surface area (Å²) in [6.45, 7) is 2.38. The van der Waals surface area contributed by atoms with Crippen LogP contribution in [-0.4, -0.2) is 31.0 Å². The van der Waals surface area contributed by atoms with Crippen molar-refractivity contribution in [2.75, 3.05) is 20.3 Å². The van der Waals surface area contributed by atoms with Crippen molar-refractivity contribution in [2.45, 2.75) is 32.1 Å². The fourth-order valence-corrected chi connectivity index (χ4v) is 1.67. The van der Waals surface area contributed by atoms with Crippen molar-refractivity contribution in [3.8, 4) is 0 Å². The lowest BCUT2D eigenvalue weighted by molar-refractivity contribution is -0.135. The van der Waals surface area contributed by atoms with Gasteiger partial charge in [-0.05, 0) is 18.6 Å². The maximum atomic E-state index is 12.0. The van der Waals surface area contributed by atoms with Gasteiger partial charge in [0.2, 0.25) is 0 Å². The van der Waals surface area contributed by atoms with Crippen LogP contribution in [0.15, 0.2) is 18.3 Å². The molecule has 0 unspecified atom stereocenters. The minimum Gasteiger partial charge on any atom is -0.383 e. The molecule has 0 aromatic carbocycles. The molecule has 0 saturated heterocycles. The fourth-order valence-electron chi connectivity index (χ4n) is 1.67. The molecule has 1 heterocycles. The Balaban J connectivity index is 2.31. The van der Waals surface area contributed by atoms with Crippen molar-refractivity contribution in [1.29, 1.82) is 0 Å². The summed E-state index contributed by atoms with van der Waals surface area (Å²) in [5, 5.41) is 3.17. The minimum atomic E-state index is -4.07. The molecule has 6 heteroatoms. The van der Waals surface area contributed by atoms with Gasteiger partial charge in [-0.2, -0.15) is 13.2 Å². The van der Waals surface area contributed by atoms with E-state index in [0.717, 1.165) is 12.2 Å². The maximum absolute atomic E-state index is 12.0. The molecule has 0 fully saturated rings. The first-order valence-electron chi connectivity index (χ1n) is 5.93. The van der Waals surface area contributed by atoms with Crippen molar-refractivity contribution in [2.24, 2.45) is 0 Å². The smallest absolute Gasteiger partial charge is 0.383 e. The summed E-state index contributed by atoms with van der Waals surface area (Å²) >= 11 is 0. The first-order valence-corrected chi connectivity index (χ1v) is 5.93. The van der Waals surface area contributed by atoms with Crippen LogP contribution in [0.1, 0.15) is 18.5 Å². The SMILES string of the molecule is COCCNCc1cccn1CCCC(F)(F)F. The molecule has 0 saturated carbocycles. The zero-order valence-corrected chi connectivity index (χ0v) is 10.5. The summed E-state index contributed by atoms with van der Waals surface area (Å²) < 4.78 is 42.9. The number of alkyl halides is 3. The average Bonchev–Trinajstić information content (AvgIpc) is 2.71. The average molecular weight is 264 g/mol. The Morgan fingerprint density at radius 3 is 2.83 bits per heavy atom. The number of nitrogens with zero attached hydrogens (tertiary/aromatic N) is 1. The summed E-state index contributed by atoms with van der Waals surface area (Å²) in [5.41, 5.74) is 0.994. The standard InChI is InChI=1S/C12H19F3N2O/c1-18-9-6-16-10-11-4-2-7-17(11)8-3-5-12(13,14)15/h2,4,7,16H,3,5-6,8-10H2,1H3. The first kappa shape index (κ1) is 15.0. The van der Waals surface area contributed by atoms with Crippen LogP contribution in [0.5, 0.6) is 0 Å². The largest absolute Gasteiger partial charge is 0.389 e. The molecule has 0 bridgehead atoms. The van der Waals surface area contributed by atoms with Gasteiger partial charge in [0.15, 0.2) is 0 Å². The van der Waals surface area contributed by atoms with Crippen LogP contribution in [0.2, 0.25) is 0 Å². The summed E-state index contributed by atoms with van der Waals surface area (Å²) in [7, 11) is 1.63. The van der Waals surface area contributed by atoms with Gasteiger partial charge in [0.25, 0.3) is 0 Å². The van der Waals surface area contributed by atoms with Crippen molar-refractivity contribution < 1.29 is 17.9 Å². The highest BCUT2D eigenvalue weighted by atomic mass is 19.4. The summed E-state index contributed by atoms with van der Waals surface area (Å²) in [6, 6.07) is 3.76. The van der Waals surface area contributed by atoms with Crippen molar-refractivity contribution >= 4 is 0 Å². The van der Waals surface area contributed by atoms with Gasteiger partial charge in [0.05, 0.1) is 6.61 Å². The lowest BCUT2D eigenvalue weighted by Gasteiger charge is -2.11. The number of methoxy groups -OCH3 is 1. The highest BCUT2D eigenvalue weighted by Gasteiger charge is 2.26. The Kier molecular flexibility index (Phi) is 6.21. The van der Waals surface area contributed by atoms with Gasteiger partial charge >= 0.3 is 6.18 Å². The van der Waals surface area contributed by atoms with E-state index in [2.05, 4.69) is 5.32 Å². The molecule has 0 aliphatic heterocycles. The van der Waals surface area contributed by atoms with Crippen LogP contribution in [0.4, 0.5) is 13.2 Å². The quantitative estimate of drug-likeness (QED) is 0.730. The second-order valence-electron chi connectivity index (χ2n) is 4.08. The molecule has 1 N–H and O–H groups in total. The lowest BCUT2D eigenvalue weighted by atomic mass is 10.3. The monoisotopic (exact) mass is 264 g/mol. The molecule has 0 amide bonds. The molecule has 104 valence electrons. The number of nitrogens with one attached hydrogen (secondary N) is 1. The number of aromatic nitrogens is 1. The van der Waals surface area contributed by atoms with Gasteiger partial charge in [0.1, 0.15) is 0 Å². The van der Waals surface area contributed by atoms with Crippen LogP contribution < -0.4 is 5.32 Å². The van der Waals surface area contributed by atoms with Gasteiger partial charge in [-0.15, -0.1) is 0 Å². The molecule has 0 radical (unpaired) electrons. The van der Waals surface area contributed by atoms with Crippen LogP contribution in [0.25, 0.3) is 0 Å². The second-order valence-corrected chi connectivity index (χ2v) is 4.08. The molecule has 18 heavy (non-hydrogen) atoms. The molecule has 0 aliphatic carbocycles. The molecular weight excluding hydrogens is 245 g/mol. The number of hydrogen-bond donors (Lipinski definition) is 1. The molecule has 0 aliphatic rings. The van der Waals surface area contributed by atoms with Crippen LogP contribution in [0.3, 0.4) is 0 Å². The Hall–Kier alpha value is -1.01. The molecule has 0 atom stereocenters. The van der Waals surface area contributed by atoms with E-state index in [1.165, 1.54) is 0 Å². The molecule has 0 spiro atoms. The number of hydrogen-bond acceptors (Lipinski definition) is 2. The zero-order chi connectivity index (χ0) is 13.4. The first-order chi connectivity index (χ1) is 8.53. The third kappa shape index (κ3) is 6.07. The number of halogens is 3. The van der Waals surface area contributed by atoms with Crippen molar-refractivity contribution in [3.63, 3.8) is 0 Å². The van der Waals surface area contributed by atoms with E-state index in [-0.39, 0.29) is 6.42 Å². The van der Waals surface area contributed by atoms with E-state index in [9.17, 15) is 13.2 Å². The minimum absolute atomic E-state index is 0.114. The Bertz CT molecular complexity index is 336. The van der Waals surface area contributed by atoms with Gasteiger partial charge in [0, 0.05) is 45.1 Å². The van der Waals surface area contributed by atoms with Crippen molar-refractivity contribution in [3.05, 3.63) is 24.0 Å². The molecule has 3 nitrogen and oxygen atoms in total. The van der Waals surface area contributed by atoms with Crippen LogP contribution in [0, 0.1) is 0 Å². The molecule has 1 aromatic rings. The molecule has 1 rings (SSSR count). The number of aryl methyl sites for hydroxylation is 1. The molecular formula is C12H19F3N2O. The summed E-state index contributed by atoms with van der Waals surface area (Å²) in [4.78, 5) is 0. The van der Waals surface area contributed by atoms with E-state index in [0.29, 0.717) is 19.7 Å². The van der Waals surface area contributed by atoms with Gasteiger partial charge < -0.3 is 14.6 Å². The predicted molar refractivity (Wildman–Crippen MR) is 63.3 cm³/mol. The van der Waals surface area contributed by atoms with Crippen molar-refractivity contribution in [1.82, 2.24) is 9.88 Å². The lowest BCUT2D eigenvalue weighted by Crippen LogP contribution is -2.20. The van der Waals surface area contributed by atoms with E-state index in [4.69, 9.17) is 4.74 Å². The van der Waals surface area contributed by atoms with E-state index >= 15 is 0 Å². The van der Waals surface area contributed by atoms with Gasteiger partial charge in [-0.1, -0.05) is 0 Å². The summed E-state index contributed by atoms with van der Waals surface area (Å²) in [5.74, 6) is 0. The highest BCUT2D eigenvalue weighted by molar-refractivity contribution is 5.06. The Morgan fingerprint density at radius 1 is 1.39 bits per heavy atom. The highest BCUT2D eigenvalue weighted by Crippen LogP contribution is 2.21. The number of rotatable bonds is 8. The number of ether oxygens (including phenoxy) is 1. The zero-order valence-electron chi connectivity index (χ0n) is 10.5. The summed E-state index contributed by atoms with van der Waals surface area (Å²) in [6.07, 6.45) is -2.88. The third-order valence-corrected chi connectivity index (χ3v) is 2.57. The van der Waals surface area contributed by atoms with E-state index in [1.54, 1.807) is 7.11 Å². The second kappa shape index (κ2) is 7.43. The van der Waals surface area contributed by atoms with Gasteiger partial charge in [-0.25, -0.2) is 0 Å². The fraction of sp³-hybridized carbons (Fsp3) is 0.667. The molecule has 1 aromatic heterocycles. The normalized spacial score (nSPS) is 12.0.